The van der Waals surface area contributed by atoms with Gasteiger partial charge in [0.25, 0.3) is 0 Å². The summed E-state index contributed by atoms with van der Waals surface area (Å²) in [5.41, 5.74) is 3.35. The lowest BCUT2D eigenvalue weighted by Crippen LogP contribution is -2.15. The van der Waals surface area contributed by atoms with Crippen molar-refractivity contribution in [3.63, 3.8) is 0 Å². The number of aryl methyl sites for hydroxylation is 1. The summed E-state index contributed by atoms with van der Waals surface area (Å²) in [6.07, 6.45) is 0. The predicted octanol–water partition coefficient (Wildman–Crippen LogP) is 3.95. The highest BCUT2D eigenvalue weighted by Gasteiger charge is 2.15. The first-order chi connectivity index (χ1) is 10.7. The molecule has 0 spiro atoms. The number of hydrogen-bond acceptors (Lipinski definition) is 4. The van der Waals surface area contributed by atoms with Gasteiger partial charge in [-0.25, -0.2) is 0 Å². The van der Waals surface area contributed by atoms with Crippen molar-refractivity contribution in [3.8, 4) is 17.2 Å². The van der Waals surface area contributed by atoms with Crippen molar-refractivity contribution in [2.24, 2.45) is 0 Å². The molecule has 116 valence electrons. The van der Waals surface area contributed by atoms with Crippen LogP contribution in [-0.4, -0.2) is 20.3 Å². The summed E-state index contributed by atoms with van der Waals surface area (Å²) in [5.74, 6) is 2.49. The molecule has 4 nitrogen and oxygen atoms in total. The van der Waals surface area contributed by atoms with Crippen molar-refractivity contribution in [1.29, 1.82) is 0 Å². The minimum absolute atomic E-state index is 0.123. The molecule has 1 unspecified atom stereocenters. The lowest BCUT2D eigenvalue weighted by molar-refractivity contribution is 0.171. The third-order valence-corrected chi connectivity index (χ3v) is 3.78. The van der Waals surface area contributed by atoms with Crippen LogP contribution >= 0.6 is 0 Å². The van der Waals surface area contributed by atoms with Gasteiger partial charge in [-0.15, -0.1) is 0 Å². The molecule has 22 heavy (non-hydrogen) atoms. The maximum Gasteiger partial charge on any atom is 0.163 e. The van der Waals surface area contributed by atoms with E-state index in [1.807, 2.05) is 24.3 Å². The predicted molar refractivity (Wildman–Crippen MR) is 87.2 cm³/mol. The van der Waals surface area contributed by atoms with Crippen LogP contribution in [0.15, 0.2) is 36.4 Å². The number of ether oxygens (including phenoxy) is 3. The summed E-state index contributed by atoms with van der Waals surface area (Å²) in [7, 11) is 1.70. The molecule has 0 saturated carbocycles. The van der Waals surface area contributed by atoms with Gasteiger partial charge >= 0.3 is 0 Å². The van der Waals surface area contributed by atoms with E-state index >= 15 is 0 Å². The lowest BCUT2D eigenvalue weighted by Gasteiger charge is -2.22. The fourth-order valence-corrected chi connectivity index (χ4v) is 2.65. The molecular weight excluding hydrogens is 278 g/mol. The molecule has 4 heteroatoms. The van der Waals surface area contributed by atoms with Crippen LogP contribution in [0.4, 0.5) is 5.69 Å². The van der Waals surface area contributed by atoms with Gasteiger partial charge in [-0.2, -0.15) is 0 Å². The van der Waals surface area contributed by atoms with Gasteiger partial charge in [-0.05, 0) is 32.0 Å². The SMILES string of the molecule is COc1ccc(C)cc1C(C)Nc1ccc2c(c1)OCCO2. The van der Waals surface area contributed by atoms with Crippen LogP contribution in [0.2, 0.25) is 0 Å². The highest BCUT2D eigenvalue weighted by molar-refractivity contribution is 5.56. The number of rotatable bonds is 4. The molecule has 0 aromatic heterocycles. The molecular formula is C18H21NO3. The van der Waals surface area contributed by atoms with E-state index in [0.717, 1.165) is 28.5 Å². The Morgan fingerprint density at radius 3 is 2.59 bits per heavy atom. The Bertz CT molecular complexity index is 669. The average molecular weight is 299 g/mol. The number of anilines is 1. The van der Waals surface area contributed by atoms with Gasteiger partial charge in [0.2, 0.25) is 0 Å². The number of methoxy groups -OCH3 is 1. The van der Waals surface area contributed by atoms with Crippen molar-refractivity contribution >= 4 is 5.69 Å². The zero-order valence-corrected chi connectivity index (χ0v) is 13.2. The van der Waals surface area contributed by atoms with Crippen molar-refractivity contribution in [3.05, 3.63) is 47.5 Å². The van der Waals surface area contributed by atoms with Gasteiger partial charge in [0.1, 0.15) is 19.0 Å². The van der Waals surface area contributed by atoms with Crippen LogP contribution in [0.3, 0.4) is 0 Å². The average Bonchev–Trinajstić information content (AvgIpc) is 2.54. The summed E-state index contributed by atoms with van der Waals surface area (Å²) >= 11 is 0. The summed E-state index contributed by atoms with van der Waals surface area (Å²) in [6.45, 7) is 5.40. The quantitative estimate of drug-likeness (QED) is 0.928. The molecule has 3 rings (SSSR count). The highest BCUT2D eigenvalue weighted by Crippen LogP contribution is 2.35. The molecule has 0 saturated heterocycles. The van der Waals surface area contributed by atoms with Gasteiger partial charge < -0.3 is 19.5 Å². The summed E-state index contributed by atoms with van der Waals surface area (Å²) < 4.78 is 16.6. The van der Waals surface area contributed by atoms with E-state index in [-0.39, 0.29) is 6.04 Å². The van der Waals surface area contributed by atoms with Gasteiger partial charge in [0, 0.05) is 17.3 Å². The fourth-order valence-electron chi connectivity index (χ4n) is 2.65. The highest BCUT2D eigenvalue weighted by atomic mass is 16.6. The van der Waals surface area contributed by atoms with E-state index < -0.39 is 0 Å². The van der Waals surface area contributed by atoms with E-state index in [9.17, 15) is 0 Å². The number of benzene rings is 2. The molecule has 0 bridgehead atoms. The van der Waals surface area contributed by atoms with E-state index in [2.05, 4.69) is 31.3 Å². The second kappa shape index (κ2) is 6.18. The second-order valence-corrected chi connectivity index (χ2v) is 5.47. The molecule has 1 aliphatic heterocycles. The fraction of sp³-hybridized carbons (Fsp3) is 0.333. The molecule has 0 fully saturated rings. The first-order valence-corrected chi connectivity index (χ1v) is 7.48. The third kappa shape index (κ3) is 2.96. The van der Waals surface area contributed by atoms with Gasteiger partial charge in [-0.1, -0.05) is 17.7 Å². The zero-order valence-electron chi connectivity index (χ0n) is 13.2. The van der Waals surface area contributed by atoms with Crippen LogP contribution in [0.25, 0.3) is 0 Å². The Balaban J connectivity index is 1.82. The van der Waals surface area contributed by atoms with Gasteiger partial charge in [-0.3, -0.25) is 0 Å². The van der Waals surface area contributed by atoms with Gasteiger partial charge in [0.05, 0.1) is 13.2 Å². The monoisotopic (exact) mass is 299 g/mol. The Morgan fingerprint density at radius 1 is 1.05 bits per heavy atom. The van der Waals surface area contributed by atoms with Crippen LogP contribution in [-0.2, 0) is 0 Å². The summed E-state index contributed by atoms with van der Waals surface area (Å²) in [4.78, 5) is 0. The third-order valence-electron chi connectivity index (χ3n) is 3.78. The standard InChI is InChI=1S/C18H21NO3/c1-12-4-6-16(20-3)15(10-12)13(2)19-14-5-7-17-18(11-14)22-9-8-21-17/h4-7,10-11,13,19H,8-9H2,1-3H3. The van der Waals surface area contributed by atoms with Crippen molar-refractivity contribution in [2.45, 2.75) is 19.9 Å². The maximum atomic E-state index is 5.63. The molecule has 0 aliphatic carbocycles. The van der Waals surface area contributed by atoms with Crippen molar-refractivity contribution < 1.29 is 14.2 Å². The number of nitrogens with one attached hydrogen (secondary N) is 1. The van der Waals surface area contributed by atoms with E-state index in [1.165, 1.54) is 5.56 Å². The van der Waals surface area contributed by atoms with Crippen LogP contribution < -0.4 is 19.5 Å². The lowest BCUT2D eigenvalue weighted by atomic mass is 10.0. The molecule has 1 N–H and O–H groups in total. The molecule has 2 aromatic carbocycles. The number of fused-ring (bicyclic) bond motifs is 1. The Kier molecular flexibility index (Phi) is 4.09. The molecule has 1 heterocycles. The maximum absolute atomic E-state index is 5.63. The summed E-state index contributed by atoms with van der Waals surface area (Å²) in [6, 6.07) is 12.3. The molecule has 0 amide bonds. The van der Waals surface area contributed by atoms with Crippen molar-refractivity contribution in [1.82, 2.24) is 0 Å². The minimum Gasteiger partial charge on any atom is -0.496 e. The van der Waals surface area contributed by atoms with Crippen LogP contribution in [0, 0.1) is 6.92 Å². The van der Waals surface area contributed by atoms with E-state index in [4.69, 9.17) is 14.2 Å². The first-order valence-electron chi connectivity index (χ1n) is 7.48. The molecule has 1 aliphatic rings. The second-order valence-electron chi connectivity index (χ2n) is 5.47. The Morgan fingerprint density at radius 2 is 1.82 bits per heavy atom. The molecule has 1 atom stereocenters. The van der Waals surface area contributed by atoms with Crippen LogP contribution in [0.1, 0.15) is 24.1 Å². The van der Waals surface area contributed by atoms with E-state index in [1.54, 1.807) is 7.11 Å². The zero-order chi connectivity index (χ0) is 15.5. The number of hydrogen-bond donors (Lipinski definition) is 1. The summed E-state index contributed by atoms with van der Waals surface area (Å²) in [5, 5.41) is 3.49. The Labute approximate surface area is 131 Å². The van der Waals surface area contributed by atoms with Gasteiger partial charge in [0.15, 0.2) is 11.5 Å². The minimum atomic E-state index is 0.123. The van der Waals surface area contributed by atoms with E-state index in [0.29, 0.717) is 13.2 Å². The molecule has 0 radical (unpaired) electrons. The molecule has 2 aromatic rings. The van der Waals surface area contributed by atoms with Crippen LogP contribution in [0.5, 0.6) is 17.2 Å². The largest absolute Gasteiger partial charge is 0.496 e. The van der Waals surface area contributed by atoms with Crippen molar-refractivity contribution in [2.75, 3.05) is 25.6 Å². The normalized spacial score (nSPS) is 14.3. The smallest absolute Gasteiger partial charge is 0.163 e. The first kappa shape index (κ1) is 14.6. The topological polar surface area (TPSA) is 39.7 Å². The Hall–Kier alpha value is -2.36.